The van der Waals surface area contributed by atoms with Gasteiger partial charge in [0.25, 0.3) is 5.91 Å². The molecule has 2 N–H and O–H groups in total. The van der Waals surface area contributed by atoms with Crippen LogP contribution in [0.15, 0.2) is 22.8 Å². The van der Waals surface area contributed by atoms with Gasteiger partial charge in [-0.3, -0.25) is 9.59 Å². The van der Waals surface area contributed by atoms with E-state index in [0.717, 1.165) is 10.9 Å². The summed E-state index contributed by atoms with van der Waals surface area (Å²) in [6.45, 7) is 1.68. The Bertz CT molecular complexity index is 503. The first-order chi connectivity index (χ1) is 8.93. The Balaban J connectivity index is 2.10. The van der Waals surface area contributed by atoms with E-state index in [0.29, 0.717) is 18.5 Å². The van der Waals surface area contributed by atoms with Crippen molar-refractivity contribution in [2.24, 2.45) is 5.41 Å². The van der Waals surface area contributed by atoms with E-state index >= 15 is 0 Å². The molecular formula is C13H15BrN2O3. The average Bonchev–Trinajstić information content (AvgIpc) is 2.73. The summed E-state index contributed by atoms with van der Waals surface area (Å²) in [5.74, 6) is -1.19. The van der Waals surface area contributed by atoms with Crippen LogP contribution in [-0.4, -0.2) is 28.0 Å². The maximum Gasteiger partial charge on any atom is 0.311 e. The Morgan fingerprint density at radius 1 is 1.53 bits per heavy atom. The fourth-order valence-electron chi connectivity index (χ4n) is 2.40. The van der Waals surface area contributed by atoms with Crippen LogP contribution in [-0.2, 0) is 4.79 Å². The third kappa shape index (κ3) is 2.78. The van der Waals surface area contributed by atoms with Crippen LogP contribution in [0.4, 0.5) is 0 Å². The van der Waals surface area contributed by atoms with Crippen molar-refractivity contribution in [3.05, 3.63) is 28.5 Å². The van der Waals surface area contributed by atoms with Crippen molar-refractivity contribution in [3.8, 4) is 0 Å². The number of nitrogens with one attached hydrogen (secondary N) is 1. The maximum absolute atomic E-state index is 12.0. The average molecular weight is 327 g/mol. The van der Waals surface area contributed by atoms with Crippen molar-refractivity contribution in [2.45, 2.75) is 32.2 Å². The van der Waals surface area contributed by atoms with Crippen molar-refractivity contribution >= 4 is 27.8 Å². The number of aromatic nitrogens is 1. The Hall–Kier alpha value is -1.43. The molecule has 2 unspecified atom stereocenters. The largest absolute Gasteiger partial charge is 0.481 e. The normalized spacial score (nSPS) is 26.1. The lowest BCUT2D eigenvalue weighted by molar-refractivity contribution is -0.148. The smallest absolute Gasteiger partial charge is 0.311 e. The molecule has 1 aromatic rings. The van der Waals surface area contributed by atoms with Crippen molar-refractivity contribution in [2.75, 3.05) is 0 Å². The van der Waals surface area contributed by atoms with E-state index in [1.54, 1.807) is 25.3 Å². The molecule has 0 saturated heterocycles. The van der Waals surface area contributed by atoms with Crippen LogP contribution in [0.2, 0.25) is 0 Å². The van der Waals surface area contributed by atoms with Crippen molar-refractivity contribution < 1.29 is 14.7 Å². The molecule has 1 aliphatic carbocycles. The highest BCUT2D eigenvalue weighted by Gasteiger charge is 2.46. The molecule has 1 fully saturated rings. The standard InChI is InChI=1S/C13H15BrN2O3/c1-13(12(18)19)6-2-3-10(13)16-11(17)9-5-4-8(14)7-15-9/h4-5,7,10H,2-3,6H2,1H3,(H,16,17)(H,18,19). The number of hydrogen-bond acceptors (Lipinski definition) is 3. The van der Waals surface area contributed by atoms with Gasteiger partial charge >= 0.3 is 5.97 Å². The number of carboxylic acids is 1. The summed E-state index contributed by atoms with van der Waals surface area (Å²) in [4.78, 5) is 27.4. The zero-order chi connectivity index (χ0) is 14.0. The van der Waals surface area contributed by atoms with E-state index in [1.807, 2.05) is 0 Å². The molecule has 2 rings (SSSR count). The molecule has 0 spiro atoms. The lowest BCUT2D eigenvalue weighted by atomic mass is 9.85. The summed E-state index contributed by atoms with van der Waals surface area (Å²) < 4.78 is 0.792. The van der Waals surface area contributed by atoms with Crippen LogP contribution in [0.3, 0.4) is 0 Å². The zero-order valence-corrected chi connectivity index (χ0v) is 12.1. The summed E-state index contributed by atoms with van der Waals surface area (Å²) in [7, 11) is 0. The summed E-state index contributed by atoms with van der Waals surface area (Å²) in [5.41, 5.74) is -0.590. The number of carbonyl (C=O) groups is 2. The van der Waals surface area contributed by atoms with E-state index in [-0.39, 0.29) is 11.9 Å². The minimum Gasteiger partial charge on any atom is -0.481 e. The van der Waals surface area contributed by atoms with Gasteiger partial charge in [0.1, 0.15) is 5.69 Å². The lowest BCUT2D eigenvalue weighted by Gasteiger charge is -2.27. The van der Waals surface area contributed by atoms with Gasteiger partial charge in [-0.25, -0.2) is 4.98 Å². The first-order valence-electron chi connectivity index (χ1n) is 6.09. The fourth-order valence-corrected chi connectivity index (χ4v) is 2.63. The Morgan fingerprint density at radius 3 is 2.84 bits per heavy atom. The topological polar surface area (TPSA) is 79.3 Å². The van der Waals surface area contributed by atoms with E-state index < -0.39 is 11.4 Å². The monoisotopic (exact) mass is 326 g/mol. The van der Waals surface area contributed by atoms with E-state index in [2.05, 4.69) is 26.2 Å². The highest BCUT2D eigenvalue weighted by Crippen LogP contribution is 2.38. The summed E-state index contributed by atoms with van der Waals surface area (Å²) in [5, 5.41) is 12.1. The van der Waals surface area contributed by atoms with Crippen molar-refractivity contribution in [1.29, 1.82) is 0 Å². The number of pyridine rings is 1. The third-order valence-electron chi connectivity index (χ3n) is 3.71. The number of halogens is 1. The molecule has 5 nitrogen and oxygen atoms in total. The number of aliphatic carboxylic acids is 1. The van der Waals surface area contributed by atoms with E-state index in [9.17, 15) is 14.7 Å². The molecule has 0 aromatic carbocycles. The fraction of sp³-hybridized carbons (Fsp3) is 0.462. The van der Waals surface area contributed by atoms with Gasteiger partial charge in [-0.1, -0.05) is 6.42 Å². The van der Waals surface area contributed by atoms with Crippen molar-refractivity contribution in [3.63, 3.8) is 0 Å². The van der Waals surface area contributed by atoms with Gasteiger partial charge < -0.3 is 10.4 Å². The molecule has 102 valence electrons. The van der Waals surface area contributed by atoms with Crippen LogP contribution in [0.5, 0.6) is 0 Å². The van der Waals surface area contributed by atoms with E-state index in [1.165, 1.54) is 0 Å². The minimum atomic E-state index is -0.884. The molecular weight excluding hydrogens is 312 g/mol. The molecule has 6 heteroatoms. The number of hydrogen-bond donors (Lipinski definition) is 2. The molecule has 1 amide bonds. The van der Waals surface area contributed by atoms with Crippen molar-refractivity contribution in [1.82, 2.24) is 10.3 Å². The molecule has 0 bridgehead atoms. The molecule has 19 heavy (non-hydrogen) atoms. The van der Waals surface area contributed by atoms with Crippen LogP contribution >= 0.6 is 15.9 Å². The first kappa shape index (κ1) is 14.0. The molecule has 0 radical (unpaired) electrons. The third-order valence-corrected chi connectivity index (χ3v) is 4.18. The second-order valence-electron chi connectivity index (χ2n) is 5.00. The van der Waals surface area contributed by atoms with Gasteiger partial charge in [0.05, 0.1) is 5.41 Å². The predicted octanol–water partition coefficient (Wildman–Crippen LogP) is 2.22. The second-order valence-corrected chi connectivity index (χ2v) is 5.92. The second kappa shape index (κ2) is 5.28. The lowest BCUT2D eigenvalue weighted by Crippen LogP contribution is -2.47. The number of amides is 1. The van der Waals surface area contributed by atoms with Crippen LogP contribution in [0.1, 0.15) is 36.7 Å². The molecule has 1 aliphatic rings. The number of rotatable bonds is 3. The zero-order valence-electron chi connectivity index (χ0n) is 10.5. The van der Waals surface area contributed by atoms with E-state index in [4.69, 9.17) is 0 Å². The van der Waals surface area contributed by atoms with Gasteiger partial charge in [-0.05, 0) is 47.8 Å². The highest BCUT2D eigenvalue weighted by atomic mass is 79.9. The SMILES string of the molecule is CC1(C(=O)O)CCCC1NC(=O)c1ccc(Br)cn1. The van der Waals surface area contributed by atoms with Crippen LogP contribution in [0, 0.1) is 5.41 Å². The summed E-state index contributed by atoms with van der Waals surface area (Å²) in [6.07, 6.45) is 3.62. The summed E-state index contributed by atoms with van der Waals surface area (Å²) in [6, 6.07) is 2.99. The Labute approximate surface area is 119 Å². The minimum absolute atomic E-state index is 0.294. The molecule has 1 heterocycles. The van der Waals surface area contributed by atoms with Gasteiger partial charge in [0.15, 0.2) is 0 Å². The number of carboxylic acid groups (broad SMARTS) is 1. The van der Waals surface area contributed by atoms with Crippen LogP contribution < -0.4 is 5.32 Å². The van der Waals surface area contributed by atoms with Crippen LogP contribution in [0.25, 0.3) is 0 Å². The molecule has 1 aromatic heterocycles. The molecule has 2 atom stereocenters. The van der Waals surface area contributed by atoms with Gasteiger partial charge in [0, 0.05) is 16.7 Å². The molecule has 1 saturated carbocycles. The number of carbonyl (C=O) groups excluding carboxylic acids is 1. The maximum atomic E-state index is 12.0. The Kier molecular flexibility index (Phi) is 3.89. The molecule has 0 aliphatic heterocycles. The van der Waals surface area contributed by atoms with Gasteiger partial charge in [0.2, 0.25) is 0 Å². The van der Waals surface area contributed by atoms with Gasteiger partial charge in [-0.2, -0.15) is 0 Å². The van der Waals surface area contributed by atoms with Gasteiger partial charge in [-0.15, -0.1) is 0 Å². The number of nitrogens with zero attached hydrogens (tertiary/aromatic N) is 1. The Morgan fingerprint density at radius 2 is 2.26 bits per heavy atom. The summed E-state index contributed by atoms with van der Waals surface area (Å²) >= 11 is 3.25. The first-order valence-corrected chi connectivity index (χ1v) is 6.88. The quantitative estimate of drug-likeness (QED) is 0.892. The highest BCUT2D eigenvalue weighted by molar-refractivity contribution is 9.10. The predicted molar refractivity (Wildman–Crippen MR) is 72.8 cm³/mol.